The Bertz CT molecular complexity index is 791. The standard InChI is InChI=1S/C25H37N3O4/c1-7-10-11-16-26-23(30)22(20-14-12-19(9-3)13-15-20)28(17-8-2)21(29)18-27-24(31)32-25(4,5)6/h3,12-15,22H,7-8,10-11,16-18H2,1-2,4-6H3,(H,26,30)(H,27,31). The Morgan fingerprint density at radius 1 is 1.06 bits per heavy atom. The fourth-order valence-electron chi connectivity index (χ4n) is 3.12. The number of hydrogen-bond acceptors (Lipinski definition) is 4. The molecular weight excluding hydrogens is 406 g/mol. The molecule has 0 aliphatic carbocycles. The molecule has 7 nitrogen and oxygen atoms in total. The van der Waals surface area contributed by atoms with E-state index >= 15 is 0 Å². The number of nitrogens with zero attached hydrogens (tertiary/aromatic N) is 1. The highest BCUT2D eigenvalue weighted by molar-refractivity contribution is 5.90. The normalized spacial score (nSPS) is 11.8. The summed E-state index contributed by atoms with van der Waals surface area (Å²) >= 11 is 0. The van der Waals surface area contributed by atoms with E-state index in [9.17, 15) is 14.4 Å². The van der Waals surface area contributed by atoms with Crippen molar-refractivity contribution in [3.8, 4) is 12.3 Å². The van der Waals surface area contributed by atoms with Crippen molar-refractivity contribution in [1.29, 1.82) is 0 Å². The van der Waals surface area contributed by atoms with Gasteiger partial charge in [0.2, 0.25) is 11.8 Å². The summed E-state index contributed by atoms with van der Waals surface area (Å²) in [5.41, 5.74) is 0.683. The van der Waals surface area contributed by atoms with Gasteiger partial charge in [-0.25, -0.2) is 4.79 Å². The average Bonchev–Trinajstić information content (AvgIpc) is 2.74. The number of benzene rings is 1. The summed E-state index contributed by atoms with van der Waals surface area (Å²) in [6, 6.07) is 6.21. The van der Waals surface area contributed by atoms with E-state index in [-0.39, 0.29) is 18.4 Å². The molecule has 0 spiro atoms. The predicted octanol–water partition coefficient (Wildman–Crippen LogP) is 3.78. The SMILES string of the molecule is C#Cc1ccc(C(C(=O)NCCCCC)N(CCC)C(=O)CNC(=O)OC(C)(C)C)cc1. The van der Waals surface area contributed by atoms with E-state index < -0.39 is 17.7 Å². The molecule has 2 N–H and O–H groups in total. The third-order valence-corrected chi connectivity index (χ3v) is 4.60. The van der Waals surface area contributed by atoms with Crippen molar-refractivity contribution >= 4 is 17.9 Å². The molecule has 176 valence electrons. The number of terminal acetylenes is 1. The van der Waals surface area contributed by atoms with Crippen LogP contribution in [0.15, 0.2) is 24.3 Å². The highest BCUT2D eigenvalue weighted by Crippen LogP contribution is 2.23. The number of nitrogens with one attached hydrogen (secondary N) is 2. The summed E-state index contributed by atoms with van der Waals surface area (Å²) in [4.78, 5) is 39.7. The number of amides is 3. The highest BCUT2D eigenvalue weighted by Gasteiger charge is 2.31. The first-order valence-electron chi connectivity index (χ1n) is 11.2. The lowest BCUT2D eigenvalue weighted by molar-refractivity contribution is -0.140. The van der Waals surface area contributed by atoms with Crippen LogP contribution in [-0.4, -0.2) is 48.0 Å². The first-order chi connectivity index (χ1) is 15.1. The van der Waals surface area contributed by atoms with Crippen molar-refractivity contribution in [2.24, 2.45) is 0 Å². The topological polar surface area (TPSA) is 87.7 Å². The van der Waals surface area contributed by atoms with Crippen LogP contribution in [0.25, 0.3) is 0 Å². The molecule has 1 aromatic carbocycles. The molecule has 0 aliphatic rings. The van der Waals surface area contributed by atoms with Crippen LogP contribution in [0.3, 0.4) is 0 Å². The first-order valence-corrected chi connectivity index (χ1v) is 11.2. The summed E-state index contributed by atoms with van der Waals surface area (Å²) in [6.45, 7) is 9.89. The second-order valence-corrected chi connectivity index (χ2v) is 8.61. The van der Waals surface area contributed by atoms with E-state index in [0.29, 0.717) is 30.6 Å². The Hall–Kier alpha value is -3.01. The van der Waals surface area contributed by atoms with Crippen LogP contribution in [0.5, 0.6) is 0 Å². The van der Waals surface area contributed by atoms with Gasteiger partial charge in [-0.2, -0.15) is 0 Å². The van der Waals surface area contributed by atoms with E-state index in [1.54, 1.807) is 45.0 Å². The van der Waals surface area contributed by atoms with Gasteiger partial charge in [-0.1, -0.05) is 44.7 Å². The molecule has 1 atom stereocenters. The summed E-state index contributed by atoms with van der Waals surface area (Å²) in [5.74, 6) is 1.93. The van der Waals surface area contributed by atoms with Crippen molar-refractivity contribution in [2.45, 2.75) is 71.9 Å². The smallest absolute Gasteiger partial charge is 0.408 e. The van der Waals surface area contributed by atoms with Gasteiger partial charge in [0, 0.05) is 18.7 Å². The summed E-state index contributed by atoms with van der Waals surface area (Å²) in [5, 5.41) is 5.44. The van der Waals surface area contributed by atoms with Crippen molar-refractivity contribution in [2.75, 3.05) is 19.6 Å². The number of hydrogen-bond donors (Lipinski definition) is 2. The van der Waals surface area contributed by atoms with Gasteiger partial charge in [0.25, 0.3) is 0 Å². The molecule has 1 rings (SSSR count). The fraction of sp³-hybridized carbons (Fsp3) is 0.560. The second kappa shape index (κ2) is 13.4. The molecule has 0 heterocycles. The molecule has 7 heteroatoms. The lowest BCUT2D eigenvalue weighted by atomic mass is 10.0. The van der Waals surface area contributed by atoms with Crippen LogP contribution < -0.4 is 10.6 Å². The van der Waals surface area contributed by atoms with E-state index in [1.807, 2.05) is 6.92 Å². The Labute approximate surface area is 192 Å². The highest BCUT2D eigenvalue weighted by atomic mass is 16.6. The summed E-state index contributed by atoms with van der Waals surface area (Å²) in [6.07, 6.45) is 8.35. The van der Waals surface area contributed by atoms with Gasteiger partial charge >= 0.3 is 6.09 Å². The minimum absolute atomic E-state index is 0.256. The molecular formula is C25H37N3O4. The maximum Gasteiger partial charge on any atom is 0.408 e. The molecule has 32 heavy (non-hydrogen) atoms. The van der Waals surface area contributed by atoms with E-state index in [2.05, 4.69) is 23.5 Å². The van der Waals surface area contributed by atoms with E-state index in [1.165, 1.54) is 4.90 Å². The molecule has 1 aromatic rings. The molecule has 0 aromatic heterocycles. The molecule has 3 amide bonds. The average molecular weight is 444 g/mol. The van der Waals surface area contributed by atoms with Crippen molar-refractivity contribution in [3.63, 3.8) is 0 Å². The van der Waals surface area contributed by atoms with Gasteiger partial charge in [0.1, 0.15) is 18.2 Å². The largest absolute Gasteiger partial charge is 0.444 e. The monoisotopic (exact) mass is 443 g/mol. The van der Waals surface area contributed by atoms with Crippen LogP contribution in [0.1, 0.15) is 77.5 Å². The molecule has 0 fully saturated rings. The Kier molecular flexibility index (Phi) is 11.3. The first kappa shape index (κ1) is 27.0. The Balaban J connectivity index is 3.08. The van der Waals surface area contributed by atoms with Crippen LogP contribution in [0.4, 0.5) is 4.79 Å². The zero-order valence-electron chi connectivity index (χ0n) is 20.0. The third-order valence-electron chi connectivity index (χ3n) is 4.60. The number of ether oxygens (including phenoxy) is 1. The van der Waals surface area contributed by atoms with Gasteiger partial charge in [0.05, 0.1) is 0 Å². The zero-order valence-corrected chi connectivity index (χ0v) is 20.0. The number of carbonyl (C=O) groups is 3. The Morgan fingerprint density at radius 3 is 2.25 bits per heavy atom. The molecule has 1 unspecified atom stereocenters. The number of alkyl carbamates (subject to hydrolysis) is 1. The lowest BCUT2D eigenvalue weighted by Crippen LogP contribution is -2.48. The molecule has 0 radical (unpaired) electrons. The maximum absolute atomic E-state index is 13.2. The van der Waals surface area contributed by atoms with Gasteiger partial charge in [-0.3, -0.25) is 9.59 Å². The zero-order chi connectivity index (χ0) is 24.1. The molecule has 0 saturated carbocycles. The van der Waals surface area contributed by atoms with Crippen LogP contribution >= 0.6 is 0 Å². The van der Waals surface area contributed by atoms with Crippen LogP contribution in [-0.2, 0) is 14.3 Å². The molecule has 0 bridgehead atoms. The van der Waals surface area contributed by atoms with Gasteiger partial charge in [0.15, 0.2) is 0 Å². The lowest BCUT2D eigenvalue weighted by Gasteiger charge is -2.31. The molecule has 0 aliphatic heterocycles. The van der Waals surface area contributed by atoms with Crippen LogP contribution in [0.2, 0.25) is 0 Å². The number of rotatable bonds is 11. The predicted molar refractivity (Wildman–Crippen MR) is 126 cm³/mol. The van der Waals surface area contributed by atoms with E-state index in [4.69, 9.17) is 11.2 Å². The minimum atomic E-state index is -0.823. The van der Waals surface area contributed by atoms with Crippen molar-refractivity contribution in [1.82, 2.24) is 15.5 Å². The summed E-state index contributed by atoms with van der Waals surface area (Å²) in [7, 11) is 0. The summed E-state index contributed by atoms with van der Waals surface area (Å²) < 4.78 is 5.20. The second-order valence-electron chi connectivity index (χ2n) is 8.61. The molecule has 0 saturated heterocycles. The number of carbonyl (C=O) groups excluding carboxylic acids is 3. The van der Waals surface area contributed by atoms with Gasteiger partial charge in [-0.05, 0) is 51.3 Å². The van der Waals surface area contributed by atoms with Crippen molar-refractivity contribution < 1.29 is 19.1 Å². The number of unbranched alkanes of at least 4 members (excludes halogenated alkanes) is 2. The quantitative estimate of drug-likeness (QED) is 0.402. The maximum atomic E-state index is 13.2. The fourth-order valence-corrected chi connectivity index (χ4v) is 3.12. The Morgan fingerprint density at radius 2 is 1.72 bits per heavy atom. The van der Waals surface area contributed by atoms with Gasteiger partial charge < -0.3 is 20.3 Å². The van der Waals surface area contributed by atoms with Gasteiger partial charge in [-0.15, -0.1) is 6.42 Å². The van der Waals surface area contributed by atoms with Crippen LogP contribution in [0, 0.1) is 12.3 Å². The van der Waals surface area contributed by atoms with E-state index in [0.717, 1.165) is 19.3 Å². The third kappa shape index (κ3) is 9.42. The minimum Gasteiger partial charge on any atom is -0.444 e. The van der Waals surface area contributed by atoms with Crippen molar-refractivity contribution in [3.05, 3.63) is 35.4 Å².